The van der Waals surface area contributed by atoms with Gasteiger partial charge in [0.1, 0.15) is 17.0 Å². The number of carbonyl (C=O) groups is 3. The quantitative estimate of drug-likeness (QED) is 0.424. The van der Waals surface area contributed by atoms with E-state index in [1.807, 2.05) is 84.9 Å². The summed E-state index contributed by atoms with van der Waals surface area (Å²) in [5.74, 6) is 0.215. The molecule has 10 nitrogen and oxygen atoms in total. The van der Waals surface area contributed by atoms with Gasteiger partial charge in [0, 0.05) is 50.6 Å². The molecule has 1 saturated heterocycles. The topological polar surface area (TPSA) is 101 Å². The summed E-state index contributed by atoms with van der Waals surface area (Å²) in [6.07, 6.45) is 2.09. The van der Waals surface area contributed by atoms with Crippen LogP contribution >= 0.6 is 0 Å². The van der Waals surface area contributed by atoms with E-state index in [1.54, 1.807) is 23.0 Å². The van der Waals surface area contributed by atoms with Gasteiger partial charge < -0.3 is 34.2 Å². The van der Waals surface area contributed by atoms with E-state index < -0.39 is 11.2 Å². The van der Waals surface area contributed by atoms with Gasteiger partial charge in [-0.2, -0.15) is 0 Å². The first-order valence-corrected chi connectivity index (χ1v) is 15.1. The maximum absolute atomic E-state index is 13.3. The molecule has 0 bridgehead atoms. The smallest absolute Gasteiger partial charge is 0.410 e. The fraction of sp³-hybridized carbons (Fsp3) is 0.500. The molecule has 2 aromatic carbocycles. The molecule has 4 rings (SSSR count). The fourth-order valence-corrected chi connectivity index (χ4v) is 5.25. The minimum Gasteiger partial charge on any atom is -0.496 e. The highest BCUT2D eigenvalue weighted by atomic mass is 16.6. The van der Waals surface area contributed by atoms with Crippen molar-refractivity contribution in [1.29, 1.82) is 0 Å². The van der Waals surface area contributed by atoms with Gasteiger partial charge in [-0.25, -0.2) is 9.59 Å². The Morgan fingerprint density at radius 1 is 0.795 bits per heavy atom. The number of hydrogen-bond acceptors (Lipinski definition) is 7. The van der Waals surface area contributed by atoms with E-state index in [-0.39, 0.29) is 18.1 Å². The number of piperazine rings is 1. The SMILES string of the molecule is COc1cc(C2=CCN(C(=O)OC(C)(C)C)CC2)ccc1C(=O)Nc1ccc(N2CCN(C(=O)OC(C)(C)C)CC2)c(C)c1. The van der Waals surface area contributed by atoms with Crippen LogP contribution in [0.25, 0.3) is 5.57 Å². The van der Waals surface area contributed by atoms with Crippen LogP contribution in [0.2, 0.25) is 0 Å². The first kappa shape index (κ1) is 32.7. The second kappa shape index (κ2) is 13.2. The summed E-state index contributed by atoms with van der Waals surface area (Å²) in [4.78, 5) is 43.8. The number of amides is 3. The summed E-state index contributed by atoms with van der Waals surface area (Å²) in [7, 11) is 1.55. The molecule has 0 atom stereocenters. The Labute approximate surface area is 260 Å². The molecule has 0 radical (unpaired) electrons. The number of nitrogens with zero attached hydrogens (tertiary/aromatic N) is 3. The highest BCUT2D eigenvalue weighted by Crippen LogP contribution is 2.30. The number of nitrogens with one attached hydrogen (secondary N) is 1. The standard InChI is InChI=1S/C34H46N4O6/c1-23-21-26(10-12-28(23)36-17-19-38(20-18-36)32(41)44-34(5,6)7)35-30(39)27-11-9-25(22-29(27)42-8)24-13-15-37(16-14-24)31(40)43-33(2,3)4/h9-13,21-22H,14-20H2,1-8H3,(H,35,39). The zero-order chi connectivity index (χ0) is 32.2. The van der Waals surface area contributed by atoms with E-state index in [9.17, 15) is 14.4 Å². The summed E-state index contributed by atoms with van der Waals surface area (Å²) < 4.78 is 16.6. The van der Waals surface area contributed by atoms with Crippen molar-refractivity contribution in [1.82, 2.24) is 9.80 Å². The maximum Gasteiger partial charge on any atom is 0.410 e. The number of aryl methyl sites for hydroxylation is 1. The Hall–Kier alpha value is -4.21. The summed E-state index contributed by atoms with van der Waals surface area (Å²) in [6.45, 7) is 16.8. The normalized spacial score (nSPS) is 15.8. The van der Waals surface area contributed by atoms with Crippen LogP contribution in [0.4, 0.5) is 21.0 Å². The lowest BCUT2D eigenvalue weighted by Gasteiger charge is -2.37. The zero-order valence-corrected chi connectivity index (χ0v) is 27.3. The van der Waals surface area contributed by atoms with Crippen molar-refractivity contribution in [2.45, 2.75) is 66.1 Å². The van der Waals surface area contributed by atoms with Gasteiger partial charge in [-0.3, -0.25) is 4.79 Å². The Bertz CT molecular complexity index is 1410. The molecule has 1 fully saturated rings. The van der Waals surface area contributed by atoms with Crippen LogP contribution in [0, 0.1) is 6.92 Å². The van der Waals surface area contributed by atoms with Crippen LogP contribution in [0.15, 0.2) is 42.5 Å². The largest absolute Gasteiger partial charge is 0.496 e. The van der Waals surface area contributed by atoms with E-state index >= 15 is 0 Å². The lowest BCUT2D eigenvalue weighted by atomic mass is 9.97. The molecule has 2 aromatic rings. The molecule has 0 unspecified atom stereocenters. The minimum absolute atomic E-state index is 0.264. The van der Waals surface area contributed by atoms with Crippen LogP contribution in [0.1, 0.15) is 69.4 Å². The third kappa shape index (κ3) is 8.45. The van der Waals surface area contributed by atoms with Crippen molar-refractivity contribution >= 4 is 35.0 Å². The number of benzene rings is 2. The molecule has 238 valence electrons. The van der Waals surface area contributed by atoms with Crippen molar-refractivity contribution in [2.75, 3.05) is 56.6 Å². The van der Waals surface area contributed by atoms with Gasteiger partial charge >= 0.3 is 12.2 Å². The van der Waals surface area contributed by atoms with Gasteiger partial charge in [0.25, 0.3) is 5.91 Å². The maximum atomic E-state index is 13.3. The number of hydrogen-bond donors (Lipinski definition) is 1. The first-order chi connectivity index (χ1) is 20.6. The highest BCUT2D eigenvalue weighted by Gasteiger charge is 2.27. The molecule has 44 heavy (non-hydrogen) atoms. The van der Waals surface area contributed by atoms with Crippen LogP contribution in [-0.4, -0.2) is 85.5 Å². The number of rotatable bonds is 5. The van der Waals surface area contributed by atoms with Crippen molar-refractivity contribution in [3.05, 3.63) is 59.2 Å². The molecule has 0 aliphatic carbocycles. The summed E-state index contributed by atoms with van der Waals surface area (Å²) in [5.41, 5.74) is 4.21. The zero-order valence-electron chi connectivity index (χ0n) is 27.3. The van der Waals surface area contributed by atoms with E-state index in [1.165, 1.54) is 0 Å². The third-order valence-corrected chi connectivity index (χ3v) is 7.40. The van der Waals surface area contributed by atoms with Crippen molar-refractivity contribution < 1.29 is 28.6 Å². The number of ether oxygens (including phenoxy) is 3. The van der Waals surface area contributed by atoms with E-state index in [2.05, 4.69) is 10.2 Å². The average Bonchev–Trinajstić information content (AvgIpc) is 2.95. The summed E-state index contributed by atoms with van der Waals surface area (Å²) >= 11 is 0. The van der Waals surface area contributed by atoms with Crippen molar-refractivity contribution in [2.24, 2.45) is 0 Å². The second-order valence-corrected chi connectivity index (χ2v) is 13.2. The Morgan fingerprint density at radius 3 is 1.98 bits per heavy atom. The Kier molecular flexibility index (Phi) is 9.81. The molecule has 0 saturated carbocycles. The first-order valence-electron chi connectivity index (χ1n) is 15.1. The van der Waals surface area contributed by atoms with Crippen LogP contribution in [-0.2, 0) is 9.47 Å². The Balaban J connectivity index is 1.37. The van der Waals surface area contributed by atoms with Crippen molar-refractivity contribution in [3.63, 3.8) is 0 Å². The number of carbonyl (C=O) groups excluding carboxylic acids is 3. The van der Waals surface area contributed by atoms with Gasteiger partial charge in [0.15, 0.2) is 0 Å². The predicted molar refractivity (Wildman–Crippen MR) is 173 cm³/mol. The summed E-state index contributed by atoms with van der Waals surface area (Å²) in [6, 6.07) is 11.4. The average molecular weight is 607 g/mol. The highest BCUT2D eigenvalue weighted by molar-refractivity contribution is 6.06. The third-order valence-electron chi connectivity index (χ3n) is 7.40. The molecule has 10 heteroatoms. The molecule has 2 aliphatic rings. The lowest BCUT2D eigenvalue weighted by molar-refractivity contribution is 0.0237. The van der Waals surface area contributed by atoms with Crippen molar-refractivity contribution in [3.8, 4) is 5.75 Å². The minimum atomic E-state index is -0.536. The van der Waals surface area contributed by atoms with Crippen LogP contribution in [0.3, 0.4) is 0 Å². The molecule has 3 amide bonds. The predicted octanol–water partition coefficient (Wildman–Crippen LogP) is 6.34. The lowest BCUT2D eigenvalue weighted by Crippen LogP contribution is -2.50. The fourth-order valence-electron chi connectivity index (χ4n) is 5.25. The summed E-state index contributed by atoms with van der Waals surface area (Å²) in [5, 5.41) is 3.00. The van der Waals surface area contributed by atoms with Gasteiger partial charge in [0.05, 0.1) is 12.7 Å². The molecule has 2 heterocycles. The van der Waals surface area contributed by atoms with E-state index in [0.29, 0.717) is 62.7 Å². The molecule has 0 spiro atoms. The monoisotopic (exact) mass is 606 g/mol. The van der Waals surface area contributed by atoms with Gasteiger partial charge in [-0.05, 0) is 102 Å². The van der Waals surface area contributed by atoms with E-state index in [0.717, 1.165) is 22.4 Å². The van der Waals surface area contributed by atoms with Gasteiger partial charge in [-0.1, -0.05) is 12.1 Å². The van der Waals surface area contributed by atoms with Gasteiger partial charge in [-0.15, -0.1) is 0 Å². The molecule has 1 N–H and O–H groups in total. The Morgan fingerprint density at radius 2 is 1.43 bits per heavy atom. The second-order valence-electron chi connectivity index (χ2n) is 13.2. The number of methoxy groups -OCH3 is 1. The number of anilines is 2. The van der Waals surface area contributed by atoms with Crippen LogP contribution in [0.5, 0.6) is 5.75 Å². The molecular weight excluding hydrogens is 560 g/mol. The molecular formula is C34H46N4O6. The van der Waals surface area contributed by atoms with Crippen LogP contribution < -0.4 is 15.0 Å². The molecule has 0 aromatic heterocycles. The van der Waals surface area contributed by atoms with Gasteiger partial charge in [0.2, 0.25) is 0 Å². The molecule has 2 aliphatic heterocycles. The van der Waals surface area contributed by atoms with E-state index in [4.69, 9.17) is 14.2 Å².